The van der Waals surface area contributed by atoms with Crippen LogP contribution in [0.3, 0.4) is 0 Å². The third-order valence-electron chi connectivity index (χ3n) is 4.77. The molecule has 0 spiro atoms. The molecule has 0 aliphatic carbocycles. The number of aromatic nitrogens is 1. The summed E-state index contributed by atoms with van der Waals surface area (Å²) in [4.78, 5) is 20.6. The minimum absolute atomic E-state index is 0.404. The zero-order valence-corrected chi connectivity index (χ0v) is 13.9. The molecule has 0 unspecified atom stereocenters. The standard InChI is InChI=1S/C20H20N4O/c21-20(25)15-6-7-16-13-22-14-19(18(16)12-15)24-10-8-23(9-11-24)17-4-2-1-3-5-17/h1-7,12-14H,8-11H2,(H2,21,25). The second-order valence-corrected chi connectivity index (χ2v) is 6.27. The maximum atomic E-state index is 11.5. The number of benzene rings is 2. The zero-order valence-electron chi connectivity index (χ0n) is 13.9. The molecular weight excluding hydrogens is 312 g/mol. The summed E-state index contributed by atoms with van der Waals surface area (Å²) in [5.41, 5.74) is 8.29. The predicted octanol–water partition coefficient (Wildman–Crippen LogP) is 2.66. The normalized spacial score (nSPS) is 14.7. The number of hydrogen-bond acceptors (Lipinski definition) is 4. The van der Waals surface area contributed by atoms with Crippen LogP contribution in [-0.4, -0.2) is 37.1 Å². The molecule has 3 aromatic rings. The van der Waals surface area contributed by atoms with Gasteiger partial charge in [0, 0.05) is 54.4 Å². The average Bonchev–Trinajstić information content (AvgIpc) is 2.68. The summed E-state index contributed by atoms with van der Waals surface area (Å²) in [7, 11) is 0. The number of nitrogens with zero attached hydrogens (tertiary/aromatic N) is 3. The van der Waals surface area contributed by atoms with Gasteiger partial charge in [-0.05, 0) is 24.3 Å². The molecule has 5 heteroatoms. The van der Waals surface area contributed by atoms with Gasteiger partial charge in [-0.25, -0.2) is 0 Å². The lowest BCUT2D eigenvalue weighted by atomic mass is 10.1. The van der Waals surface area contributed by atoms with Gasteiger partial charge >= 0.3 is 0 Å². The summed E-state index contributed by atoms with van der Waals surface area (Å²) < 4.78 is 0. The number of carbonyl (C=O) groups excluding carboxylic acids is 1. The van der Waals surface area contributed by atoms with Crippen LogP contribution in [0.1, 0.15) is 10.4 Å². The fourth-order valence-electron chi connectivity index (χ4n) is 3.40. The Bertz CT molecular complexity index is 902. The van der Waals surface area contributed by atoms with Crippen LogP contribution in [0, 0.1) is 0 Å². The van der Waals surface area contributed by atoms with Gasteiger partial charge in [0.1, 0.15) is 0 Å². The number of anilines is 2. The van der Waals surface area contributed by atoms with E-state index in [-0.39, 0.29) is 0 Å². The Kier molecular flexibility index (Phi) is 3.98. The number of amides is 1. The van der Waals surface area contributed by atoms with Gasteiger partial charge in [-0.15, -0.1) is 0 Å². The molecule has 0 radical (unpaired) electrons. The topological polar surface area (TPSA) is 62.5 Å². The monoisotopic (exact) mass is 332 g/mol. The molecule has 1 amide bonds. The summed E-state index contributed by atoms with van der Waals surface area (Å²) >= 11 is 0. The molecule has 2 heterocycles. The average molecular weight is 332 g/mol. The molecule has 25 heavy (non-hydrogen) atoms. The van der Waals surface area contributed by atoms with Crippen molar-refractivity contribution >= 4 is 28.1 Å². The highest BCUT2D eigenvalue weighted by Gasteiger charge is 2.19. The first kappa shape index (κ1) is 15.4. The van der Waals surface area contributed by atoms with E-state index in [1.54, 1.807) is 6.07 Å². The van der Waals surface area contributed by atoms with E-state index in [2.05, 4.69) is 39.0 Å². The smallest absolute Gasteiger partial charge is 0.248 e. The van der Waals surface area contributed by atoms with Gasteiger partial charge in [0.25, 0.3) is 0 Å². The summed E-state index contributed by atoms with van der Waals surface area (Å²) in [6, 6.07) is 16.0. The molecule has 126 valence electrons. The lowest BCUT2D eigenvalue weighted by Crippen LogP contribution is -2.46. The van der Waals surface area contributed by atoms with Gasteiger partial charge in [-0.1, -0.05) is 24.3 Å². The molecule has 1 aliphatic heterocycles. The number of rotatable bonds is 3. The highest BCUT2D eigenvalue weighted by molar-refractivity contribution is 6.01. The van der Waals surface area contributed by atoms with Gasteiger partial charge in [-0.3, -0.25) is 9.78 Å². The minimum atomic E-state index is -0.404. The Morgan fingerprint density at radius 1 is 0.920 bits per heavy atom. The summed E-state index contributed by atoms with van der Waals surface area (Å²) in [6.45, 7) is 3.73. The first-order valence-corrected chi connectivity index (χ1v) is 8.45. The van der Waals surface area contributed by atoms with Crippen molar-refractivity contribution in [3.8, 4) is 0 Å². The van der Waals surface area contributed by atoms with Crippen molar-refractivity contribution in [2.45, 2.75) is 0 Å². The van der Waals surface area contributed by atoms with Gasteiger partial charge in [-0.2, -0.15) is 0 Å². The van der Waals surface area contributed by atoms with E-state index in [1.165, 1.54) is 5.69 Å². The van der Waals surface area contributed by atoms with E-state index in [4.69, 9.17) is 5.73 Å². The fourth-order valence-corrected chi connectivity index (χ4v) is 3.40. The quantitative estimate of drug-likeness (QED) is 0.801. The van der Waals surface area contributed by atoms with E-state index in [0.717, 1.165) is 42.6 Å². The molecule has 0 bridgehead atoms. The molecule has 2 aromatic carbocycles. The molecule has 5 nitrogen and oxygen atoms in total. The van der Waals surface area contributed by atoms with Crippen LogP contribution in [0.15, 0.2) is 60.9 Å². The van der Waals surface area contributed by atoms with Crippen molar-refractivity contribution < 1.29 is 4.79 Å². The number of nitrogens with two attached hydrogens (primary N) is 1. The molecule has 1 fully saturated rings. The number of hydrogen-bond donors (Lipinski definition) is 1. The molecule has 0 saturated carbocycles. The first-order valence-electron chi connectivity index (χ1n) is 8.45. The summed E-state index contributed by atoms with van der Waals surface area (Å²) in [5.74, 6) is -0.404. The highest BCUT2D eigenvalue weighted by Crippen LogP contribution is 2.28. The fraction of sp³-hybridized carbons (Fsp3) is 0.200. The SMILES string of the molecule is NC(=O)c1ccc2cncc(N3CCN(c4ccccc4)CC3)c2c1. The first-order chi connectivity index (χ1) is 12.2. The van der Waals surface area contributed by atoms with Crippen molar-refractivity contribution in [2.75, 3.05) is 36.0 Å². The van der Waals surface area contributed by atoms with Crippen LogP contribution >= 0.6 is 0 Å². The second-order valence-electron chi connectivity index (χ2n) is 6.27. The molecule has 1 saturated heterocycles. The Labute approximate surface area is 146 Å². The number of piperazine rings is 1. The predicted molar refractivity (Wildman–Crippen MR) is 101 cm³/mol. The van der Waals surface area contributed by atoms with Crippen LogP contribution < -0.4 is 15.5 Å². The maximum absolute atomic E-state index is 11.5. The third kappa shape index (κ3) is 3.01. The van der Waals surface area contributed by atoms with Crippen LogP contribution in [0.25, 0.3) is 10.8 Å². The lowest BCUT2D eigenvalue weighted by Gasteiger charge is -2.37. The van der Waals surface area contributed by atoms with Gasteiger partial charge in [0.2, 0.25) is 5.91 Å². The maximum Gasteiger partial charge on any atom is 0.248 e. The highest BCUT2D eigenvalue weighted by atomic mass is 16.1. The number of para-hydroxylation sites is 1. The molecular formula is C20H20N4O. The van der Waals surface area contributed by atoms with Crippen LogP contribution in [0.4, 0.5) is 11.4 Å². The van der Waals surface area contributed by atoms with E-state index >= 15 is 0 Å². The van der Waals surface area contributed by atoms with Gasteiger partial charge in [0.15, 0.2) is 0 Å². The summed E-state index contributed by atoms with van der Waals surface area (Å²) in [5, 5.41) is 2.05. The lowest BCUT2D eigenvalue weighted by molar-refractivity contribution is 0.100. The van der Waals surface area contributed by atoms with Crippen molar-refractivity contribution in [3.05, 3.63) is 66.5 Å². The Morgan fingerprint density at radius 3 is 2.36 bits per heavy atom. The van der Waals surface area contributed by atoms with Crippen LogP contribution in [0.5, 0.6) is 0 Å². The number of fused-ring (bicyclic) bond motifs is 1. The van der Waals surface area contributed by atoms with Gasteiger partial charge < -0.3 is 15.5 Å². The van der Waals surface area contributed by atoms with E-state index < -0.39 is 5.91 Å². The van der Waals surface area contributed by atoms with Crippen molar-refractivity contribution in [3.63, 3.8) is 0 Å². The molecule has 4 rings (SSSR count). The van der Waals surface area contributed by atoms with E-state index in [0.29, 0.717) is 5.56 Å². The van der Waals surface area contributed by atoms with Gasteiger partial charge in [0.05, 0.1) is 11.9 Å². The molecule has 2 N–H and O–H groups in total. The molecule has 0 atom stereocenters. The molecule has 1 aromatic heterocycles. The number of primary amides is 1. The van der Waals surface area contributed by atoms with Crippen LogP contribution in [0.2, 0.25) is 0 Å². The van der Waals surface area contributed by atoms with Crippen molar-refractivity contribution in [1.29, 1.82) is 0 Å². The van der Waals surface area contributed by atoms with Crippen LogP contribution in [-0.2, 0) is 0 Å². The minimum Gasteiger partial charge on any atom is -0.368 e. The largest absolute Gasteiger partial charge is 0.368 e. The van der Waals surface area contributed by atoms with E-state index in [1.807, 2.05) is 30.6 Å². The van der Waals surface area contributed by atoms with Crippen molar-refractivity contribution in [2.24, 2.45) is 5.73 Å². The second kappa shape index (κ2) is 6.43. The van der Waals surface area contributed by atoms with Crippen molar-refractivity contribution in [1.82, 2.24) is 4.98 Å². The molecule has 1 aliphatic rings. The Balaban J connectivity index is 1.60. The number of carbonyl (C=O) groups is 1. The van der Waals surface area contributed by atoms with E-state index in [9.17, 15) is 4.79 Å². The summed E-state index contributed by atoms with van der Waals surface area (Å²) in [6.07, 6.45) is 3.70. The third-order valence-corrected chi connectivity index (χ3v) is 4.77. The Morgan fingerprint density at radius 2 is 1.64 bits per heavy atom. The number of pyridine rings is 1. The Hall–Kier alpha value is -3.08. The zero-order chi connectivity index (χ0) is 17.2.